The number of rotatable bonds is 5. The predicted octanol–water partition coefficient (Wildman–Crippen LogP) is 3.99. The van der Waals surface area contributed by atoms with E-state index >= 15 is 0 Å². The number of carboxylic acids is 1. The lowest BCUT2D eigenvalue weighted by Gasteiger charge is -2.23. The molecule has 0 fully saturated rings. The van der Waals surface area contributed by atoms with E-state index in [0.717, 1.165) is 10.0 Å². The summed E-state index contributed by atoms with van der Waals surface area (Å²) in [6, 6.07) is 3.12. The van der Waals surface area contributed by atoms with E-state index in [1.165, 1.54) is 4.90 Å². The lowest BCUT2D eigenvalue weighted by molar-refractivity contribution is -0.141. The maximum absolute atomic E-state index is 12.2. The number of nitrogens with one attached hydrogen (secondary N) is 1. The second kappa shape index (κ2) is 7.66. The Morgan fingerprint density at radius 1 is 1.48 bits per heavy atom. The first-order valence-corrected chi connectivity index (χ1v) is 7.67. The molecule has 21 heavy (non-hydrogen) atoms. The Balaban J connectivity index is 2.83. The molecule has 0 spiro atoms. The van der Waals surface area contributed by atoms with Crippen LogP contribution in [0.15, 0.2) is 16.6 Å². The van der Waals surface area contributed by atoms with Gasteiger partial charge in [-0.15, -0.1) is 0 Å². The standard InChI is InChI=1S/C14H18BrClN2O3/c1-4-18(7-9(3)13(19)20)14(21)17-12-6-11(16)8(2)5-10(12)15/h5-6,9H,4,7H2,1-3H3,(H,17,21)(H,19,20). The fraction of sp³-hybridized carbons (Fsp3) is 0.429. The molecule has 1 aromatic rings. The van der Waals surface area contributed by atoms with E-state index < -0.39 is 11.9 Å². The number of nitrogens with zero attached hydrogens (tertiary/aromatic N) is 1. The minimum atomic E-state index is -0.930. The molecular weight excluding hydrogens is 360 g/mol. The van der Waals surface area contributed by atoms with Crippen LogP contribution in [0.4, 0.5) is 10.5 Å². The topological polar surface area (TPSA) is 69.6 Å². The fourth-order valence-electron chi connectivity index (χ4n) is 1.70. The molecule has 5 nitrogen and oxygen atoms in total. The molecule has 0 heterocycles. The average molecular weight is 378 g/mol. The third-order valence-corrected chi connectivity index (χ3v) is 4.14. The van der Waals surface area contributed by atoms with Crippen LogP contribution < -0.4 is 5.32 Å². The number of carboxylic acid groups (broad SMARTS) is 1. The van der Waals surface area contributed by atoms with E-state index in [9.17, 15) is 9.59 Å². The van der Waals surface area contributed by atoms with Crippen LogP contribution in [0.1, 0.15) is 19.4 Å². The van der Waals surface area contributed by atoms with Crippen molar-refractivity contribution < 1.29 is 14.7 Å². The maximum Gasteiger partial charge on any atom is 0.321 e. The SMILES string of the molecule is CCN(CC(C)C(=O)O)C(=O)Nc1cc(Cl)c(C)cc1Br. The average Bonchev–Trinajstić information content (AvgIpc) is 2.41. The highest BCUT2D eigenvalue weighted by atomic mass is 79.9. The zero-order valence-corrected chi connectivity index (χ0v) is 14.5. The predicted molar refractivity (Wildman–Crippen MR) is 87.0 cm³/mol. The van der Waals surface area contributed by atoms with Gasteiger partial charge in [-0.25, -0.2) is 4.79 Å². The first-order chi connectivity index (χ1) is 9.76. The van der Waals surface area contributed by atoms with Gasteiger partial charge < -0.3 is 15.3 Å². The highest BCUT2D eigenvalue weighted by Gasteiger charge is 2.20. The Labute approximate surface area is 137 Å². The normalized spacial score (nSPS) is 11.9. The number of aryl methyl sites for hydroxylation is 1. The lowest BCUT2D eigenvalue weighted by atomic mass is 10.2. The van der Waals surface area contributed by atoms with Gasteiger partial charge >= 0.3 is 12.0 Å². The molecule has 116 valence electrons. The van der Waals surface area contributed by atoms with Gasteiger partial charge in [-0.1, -0.05) is 18.5 Å². The molecule has 0 aliphatic rings. The van der Waals surface area contributed by atoms with Crippen LogP contribution in [0.5, 0.6) is 0 Å². The lowest BCUT2D eigenvalue weighted by Crippen LogP contribution is -2.39. The molecule has 0 aromatic heterocycles. The molecule has 0 saturated carbocycles. The summed E-state index contributed by atoms with van der Waals surface area (Å²) >= 11 is 9.41. The van der Waals surface area contributed by atoms with Gasteiger partial charge in [0, 0.05) is 22.6 Å². The third-order valence-electron chi connectivity index (χ3n) is 3.07. The van der Waals surface area contributed by atoms with Crippen molar-refractivity contribution in [3.8, 4) is 0 Å². The Morgan fingerprint density at radius 3 is 2.62 bits per heavy atom. The summed E-state index contributed by atoms with van der Waals surface area (Å²) < 4.78 is 0.722. The van der Waals surface area contributed by atoms with E-state index in [1.807, 2.05) is 13.0 Å². The first-order valence-electron chi connectivity index (χ1n) is 6.50. The van der Waals surface area contributed by atoms with Crippen molar-refractivity contribution in [3.05, 3.63) is 27.2 Å². The number of benzene rings is 1. The number of anilines is 1. The van der Waals surface area contributed by atoms with E-state index in [2.05, 4.69) is 21.2 Å². The fourth-order valence-corrected chi connectivity index (χ4v) is 2.42. The third kappa shape index (κ3) is 4.89. The van der Waals surface area contributed by atoms with Gasteiger partial charge in [0.05, 0.1) is 11.6 Å². The molecule has 0 bridgehead atoms. The number of halogens is 2. The van der Waals surface area contributed by atoms with Crippen LogP contribution >= 0.6 is 27.5 Å². The molecule has 2 N–H and O–H groups in total. The molecule has 1 aromatic carbocycles. The summed E-state index contributed by atoms with van der Waals surface area (Å²) in [4.78, 5) is 24.5. The second-order valence-corrected chi connectivity index (χ2v) is 6.05. The highest BCUT2D eigenvalue weighted by molar-refractivity contribution is 9.10. The van der Waals surface area contributed by atoms with E-state index in [1.54, 1.807) is 19.9 Å². The zero-order valence-electron chi connectivity index (χ0n) is 12.1. The molecule has 0 radical (unpaired) electrons. The molecule has 2 amide bonds. The summed E-state index contributed by atoms with van der Waals surface area (Å²) in [5.74, 6) is -1.55. The van der Waals surface area contributed by atoms with Gasteiger partial charge in [-0.3, -0.25) is 4.79 Å². The number of hydrogen-bond acceptors (Lipinski definition) is 2. The Morgan fingerprint density at radius 2 is 2.10 bits per heavy atom. The van der Waals surface area contributed by atoms with E-state index in [0.29, 0.717) is 17.3 Å². The summed E-state index contributed by atoms with van der Waals surface area (Å²) in [5, 5.41) is 12.2. The maximum atomic E-state index is 12.2. The van der Waals surface area contributed by atoms with Crippen molar-refractivity contribution in [2.75, 3.05) is 18.4 Å². The smallest absolute Gasteiger partial charge is 0.321 e. The highest BCUT2D eigenvalue weighted by Crippen LogP contribution is 2.29. The number of aliphatic carboxylic acids is 1. The quantitative estimate of drug-likeness (QED) is 0.815. The van der Waals surface area contributed by atoms with Crippen LogP contribution in [0, 0.1) is 12.8 Å². The molecule has 0 saturated heterocycles. The van der Waals surface area contributed by atoms with Crippen molar-refractivity contribution in [3.63, 3.8) is 0 Å². The zero-order chi connectivity index (χ0) is 16.2. The minimum absolute atomic E-state index is 0.148. The summed E-state index contributed by atoms with van der Waals surface area (Å²) in [7, 11) is 0. The monoisotopic (exact) mass is 376 g/mol. The number of carbonyl (C=O) groups is 2. The molecule has 0 aliphatic heterocycles. The van der Waals surface area contributed by atoms with Gasteiger partial charge in [-0.2, -0.15) is 0 Å². The van der Waals surface area contributed by atoms with E-state index in [-0.39, 0.29) is 12.6 Å². The molecule has 1 atom stereocenters. The Hall–Kier alpha value is -1.27. The van der Waals surface area contributed by atoms with Crippen LogP contribution in [-0.2, 0) is 4.79 Å². The van der Waals surface area contributed by atoms with Crippen molar-refractivity contribution in [2.45, 2.75) is 20.8 Å². The first kappa shape index (κ1) is 17.8. The van der Waals surface area contributed by atoms with Crippen LogP contribution in [0.2, 0.25) is 5.02 Å². The second-order valence-electron chi connectivity index (χ2n) is 4.79. The summed E-state index contributed by atoms with van der Waals surface area (Å²) in [6.45, 7) is 5.80. The minimum Gasteiger partial charge on any atom is -0.481 e. The Bertz CT molecular complexity index is 551. The van der Waals surface area contributed by atoms with Gasteiger partial charge in [0.2, 0.25) is 0 Å². The number of urea groups is 1. The summed E-state index contributed by atoms with van der Waals surface area (Å²) in [5.41, 5.74) is 1.45. The summed E-state index contributed by atoms with van der Waals surface area (Å²) in [6.07, 6.45) is 0. The van der Waals surface area contributed by atoms with Crippen LogP contribution in [0.25, 0.3) is 0 Å². The molecule has 7 heteroatoms. The van der Waals surface area contributed by atoms with Gasteiger partial charge in [0.1, 0.15) is 0 Å². The van der Waals surface area contributed by atoms with Crippen molar-refractivity contribution in [1.82, 2.24) is 4.90 Å². The number of carbonyl (C=O) groups excluding carboxylic acids is 1. The molecule has 1 rings (SSSR count). The molecular formula is C14H18BrClN2O3. The van der Waals surface area contributed by atoms with Gasteiger partial charge in [0.15, 0.2) is 0 Å². The number of amides is 2. The van der Waals surface area contributed by atoms with E-state index in [4.69, 9.17) is 16.7 Å². The molecule has 1 unspecified atom stereocenters. The molecule has 0 aliphatic carbocycles. The van der Waals surface area contributed by atoms with Crippen molar-refractivity contribution in [1.29, 1.82) is 0 Å². The largest absolute Gasteiger partial charge is 0.481 e. The Kier molecular flexibility index (Phi) is 6.48. The van der Waals surface area contributed by atoms with Gasteiger partial charge in [0.25, 0.3) is 0 Å². The van der Waals surface area contributed by atoms with Crippen LogP contribution in [0.3, 0.4) is 0 Å². The van der Waals surface area contributed by atoms with Crippen molar-refractivity contribution >= 4 is 45.2 Å². The number of hydrogen-bond donors (Lipinski definition) is 2. The van der Waals surface area contributed by atoms with Crippen LogP contribution in [-0.4, -0.2) is 35.1 Å². The van der Waals surface area contributed by atoms with Crippen molar-refractivity contribution in [2.24, 2.45) is 5.92 Å². The van der Waals surface area contributed by atoms with Gasteiger partial charge in [-0.05, 0) is 47.5 Å².